The van der Waals surface area contributed by atoms with Gasteiger partial charge in [-0.15, -0.1) is 11.3 Å². The maximum atomic E-state index is 11.9. The Morgan fingerprint density at radius 2 is 2.00 bits per heavy atom. The van der Waals surface area contributed by atoms with Crippen molar-refractivity contribution in [1.82, 2.24) is 4.98 Å². The van der Waals surface area contributed by atoms with Crippen molar-refractivity contribution in [3.05, 3.63) is 39.8 Å². The maximum absolute atomic E-state index is 11.9. The Morgan fingerprint density at radius 3 is 2.59 bits per heavy atom. The lowest BCUT2D eigenvalue weighted by Crippen LogP contribution is -2.12. The first-order valence-corrected chi connectivity index (χ1v) is 9.64. The number of nitrogens with one attached hydrogen (secondary N) is 1. The van der Waals surface area contributed by atoms with Crippen LogP contribution in [0.4, 0.5) is 5.69 Å². The Balaban J connectivity index is 1.77. The molecule has 0 fully saturated rings. The summed E-state index contributed by atoms with van der Waals surface area (Å²) >= 11 is 6.66. The van der Waals surface area contributed by atoms with Crippen LogP contribution < -0.4 is 5.32 Å². The number of thioether (sulfide) groups is 1. The highest BCUT2D eigenvalue weighted by molar-refractivity contribution is 9.10. The fraction of sp³-hybridized carbons (Fsp3) is 0.375. The summed E-state index contributed by atoms with van der Waals surface area (Å²) in [4.78, 5) is 16.5. The van der Waals surface area contributed by atoms with Gasteiger partial charge in [0.15, 0.2) is 0 Å². The molecular formula is C16H19BrN2OS2. The average Bonchev–Trinajstić information content (AvgIpc) is 2.90. The van der Waals surface area contributed by atoms with E-state index in [1.807, 2.05) is 24.3 Å². The molecular weight excluding hydrogens is 380 g/mol. The summed E-state index contributed by atoms with van der Waals surface area (Å²) in [5.41, 5.74) is 2.01. The number of rotatable bonds is 5. The average molecular weight is 399 g/mol. The van der Waals surface area contributed by atoms with Gasteiger partial charge in [-0.25, -0.2) is 4.98 Å². The van der Waals surface area contributed by atoms with E-state index in [2.05, 4.69) is 52.4 Å². The first-order valence-electron chi connectivity index (χ1n) is 6.99. The van der Waals surface area contributed by atoms with Crippen LogP contribution in [0.15, 0.2) is 38.5 Å². The number of carbonyl (C=O) groups excluding carboxylic acids is 1. The number of carbonyl (C=O) groups is 1. The minimum atomic E-state index is 0.0300. The minimum absolute atomic E-state index is 0.0300. The van der Waals surface area contributed by atoms with Gasteiger partial charge in [0, 0.05) is 33.1 Å². The second-order valence-corrected chi connectivity index (χ2v) is 9.02. The molecule has 1 N–H and O–H groups in total. The molecule has 2 rings (SSSR count). The van der Waals surface area contributed by atoms with Gasteiger partial charge in [0.25, 0.3) is 0 Å². The van der Waals surface area contributed by atoms with Crippen LogP contribution >= 0.6 is 39.0 Å². The van der Waals surface area contributed by atoms with Crippen LogP contribution in [0.5, 0.6) is 0 Å². The molecule has 0 aliphatic heterocycles. The minimum Gasteiger partial charge on any atom is -0.326 e. The Bertz CT molecular complexity index is 632. The molecule has 1 aromatic carbocycles. The molecule has 0 unspecified atom stereocenters. The zero-order valence-corrected chi connectivity index (χ0v) is 16.1. The van der Waals surface area contributed by atoms with Gasteiger partial charge >= 0.3 is 0 Å². The Kier molecular flexibility index (Phi) is 6.06. The molecule has 0 saturated carbocycles. The van der Waals surface area contributed by atoms with Gasteiger partial charge in [0.1, 0.15) is 4.34 Å². The van der Waals surface area contributed by atoms with Gasteiger partial charge in [0.2, 0.25) is 5.91 Å². The molecule has 1 amide bonds. The molecule has 22 heavy (non-hydrogen) atoms. The predicted octanol–water partition coefficient (Wildman–Crippen LogP) is 5.32. The quantitative estimate of drug-likeness (QED) is 0.692. The summed E-state index contributed by atoms with van der Waals surface area (Å²) < 4.78 is 2.03. The van der Waals surface area contributed by atoms with Crippen LogP contribution in [0.25, 0.3) is 0 Å². The van der Waals surface area contributed by atoms with E-state index in [1.54, 1.807) is 23.1 Å². The molecule has 0 radical (unpaired) electrons. The zero-order valence-electron chi connectivity index (χ0n) is 12.9. The summed E-state index contributed by atoms with van der Waals surface area (Å²) in [5.74, 6) is 0.766. The van der Waals surface area contributed by atoms with Crippen LogP contribution in [-0.2, 0) is 10.2 Å². The van der Waals surface area contributed by atoms with E-state index < -0.39 is 0 Å². The predicted molar refractivity (Wildman–Crippen MR) is 98.9 cm³/mol. The van der Waals surface area contributed by atoms with E-state index in [4.69, 9.17) is 0 Å². The lowest BCUT2D eigenvalue weighted by atomic mass is 9.93. The summed E-state index contributed by atoms with van der Waals surface area (Å²) in [7, 11) is 0. The highest BCUT2D eigenvalue weighted by Crippen LogP contribution is 2.29. The fourth-order valence-electron chi connectivity index (χ4n) is 1.66. The number of nitrogens with zero attached hydrogens (tertiary/aromatic N) is 1. The number of hydrogen-bond donors (Lipinski definition) is 1. The fourth-order valence-corrected chi connectivity index (χ4v) is 3.98. The maximum Gasteiger partial charge on any atom is 0.225 e. The van der Waals surface area contributed by atoms with Crippen molar-refractivity contribution in [3.63, 3.8) is 0 Å². The highest BCUT2D eigenvalue weighted by Gasteiger charge is 2.17. The van der Waals surface area contributed by atoms with E-state index in [0.29, 0.717) is 6.42 Å². The van der Waals surface area contributed by atoms with Crippen LogP contribution in [0.3, 0.4) is 0 Å². The molecule has 3 nitrogen and oxygen atoms in total. The van der Waals surface area contributed by atoms with Gasteiger partial charge in [0.05, 0.1) is 5.69 Å². The molecule has 1 heterocycles. The van der Waals surface area contributed by atoms with E-state index in [1.165, 1.54) is 0 Å². The van der Waals surface area contributed by atoms with Gasteiger partial charge in [-0.3, -0.25) is 4.79 Å². The van der Waals surface area contributed by atoms with Crippen molar-refractivity contribution in [2.45, 2.75) is 36.9 Å². The van der Waals surface area contributed by atoms with Crippen LogP contribution in [-0.4, -0.2) is 16.6 Å². The second kappa shape index (κ2) is 7.62. The molecule has 6 heteroatoms. The third kappa shape index (κ3) is 5.41. The molecule has 0 spiro atoms. The molecule has 0 aliphatic rings. The van der Waals surface area contributed by atoms with Gasteiger partial charge in [-0.2, -0.15) is 0 Å². The molecule has 0 bridgehead atoms. The molecule has 0 atom stereocenters. The number of benzene rings is 1. The van der Waals surface area contributed by atoms with Gasteiger partial charge < -0.3 is 5.32 Å². The van der Waals surface area contributed by atoms with Gasteiger partial charge in [-0.05, 0) is 24.3 Å². The number of halogens is 1. The highest BCUT2D eigenvalue weighted by atomic mass is 79.9. The molecule has 118 valence electrons. The van der Waals surface area contributed by atoms with E-state index in [-0.39, 0.29) is 11.3 Å². The number of thiazole rings is 1. The summed E-state index contributed by atoms with van der Waals surface area (Å²) in [6.07, 6.45) is 0.477. The Morgan fingerprint density at radius 1 is 1.32 bits per heavy atom. The topological polar surface area (TPSA) is 42.0 Å². The third-order valence-electron chi connectivity index (χ3n) is 2.93. The van der Waals surface area contributed by atoms with Crippen molar-refractivity contribution >= 4 is 50.6 Å². The number of amides is 1. The van der Waals surface area contributed by atoms with Crippen molar-refractivity contribution in [3.8, 4) is 0 Å². The van der Waals surface area contributed by atoms with Crippen molar-refractivity contribution in [1.29, 1.82) is 0 Å². The van der Waals surface area contributed by atoms with E-state index >= 15 is 0 Å². The lowest BCUT2D eigenvalue weighted by Gasteiger charge is -2.14. The van der Waals surface area contributed by atoms with Crippen LogP contribution in [0, 0.1) is 0 Å². The largest absolute Gasteiger partial charge is 0.326 e. The Labute approximate surface area is 148 Å². The SMILES string of the molecule is CC(C)(C)c1csc(SCCC(=O)Nc2ccc(Br)cc2)n1. The summed E-state index contributed by atoms with van der Waals surface area (Å²) in [5, 5.41) is 5.00. The second-order valence-electron chi connectivity index (χ2n) is 5.90. The molecule has 2 aromatic rings. The molecule has 0 aliphatic carbocycles. The standard InChI is InChI=1S/C16H19BrN2OS2/c1-16(2,3)13-10-22-15(19-13)21-9-8-14(20)18-12-6-4-11(17)5-7-12/h4-7,10H,8-9H2,1-3H3,(H,18,20). The smallest absolute Gasteiger partial charge is 0.225 e. The number of hydrogen-bond acceptors (Lipinski definition) is 4. The van der Waals surface area contributed by atoms with E-state index in [9.17, 15) is 4.79 Å². The van der Waals surface area contributed by atoms with E-state index in [0.717, 1.165) is 25.9 Å². The molecule has 1 aromatic heterocycles. The first-order chi connectivity index (χ1) is 10.3. The zero-order chi connectivity index (χ0) is 16.2. The Hall–Kier alpha value is -0.850. The molecule has 0 saturated heterocycles. The number of aromatic nitrogens is 1. The normalized spacial score (nSPS) is 11.5. The monoisotopic (exact) mass is 398 g/mol. The van der Waals surface area contributed by atoms with Crippen molar-refractivity contribution in [2.24, 2.45) is 0 Å². The first kappa shape index (κ1) is 17.5. The van der Waals surface area contributed by atoms with Gasteiger partial charge in [-0.1, -0.05) is 48.5 Å². The van der Waals surface area contributed by atoms with Crippen molar-refractivity contribution < 1.29 is 4.79 Å². The lowest BCUT2D eigenvalue weighted by molar-refractivity contribution is -0.115. The summed E-state index contributed by atoms with van der Waals surface area (Å²) in [6, 6.07) is 7.58. The van der Waals surface area contributed by atoms with Crippen LogP contribution in [0.2, 0.25) is 0 Å². The summed E-state index contributed by atoms with van der Waals surface area (Å²) in [6.45, 7) is 6.46. The third-order valence-corrected chi connectivity index (χ3v) is 5.49. The number of anilines is 1. The van der Waals surface area contributed by atoms with Crippen molar-refractivity contribution in [2.75, 3.05) is 11.1 Å². The van der Waals surface area contributed by atoms with Crippen LogP contribution in [0.1, 0.15) is 32.9 Å².